The molecule has 0 nitrogen and oxygen atoms in total. The molecular formula is C13H20. The third kappa shape index (κ3) is 3.22. The minimum Gasteiger partial charge on any atom is -0.0651 e. The predicted octanol–water partition coefficient (Wildman–Crippen LogP) is 3.91. The fourth-order valence-corrected chi connectivity index (χ4v) is 1.59. The minimum absolute atomic E-state index is 0.799. The molecule has 13 heavy (non-hydrogen) atoms. The molecule has 0 aliphatic heterocycles. The van der Waals surface area contributed by atoms with E-state index >= 15 is 0 Å². The van der Waals surface area contributed by atoms with Gasteiger partial charge < -0.3 is 0 Å². The second kappa shape index (κ2) is 5.06. The van der Waals surface area contributed by atoms with Gasteiger partial charge in [0.25, 0.3) is 0 Å². The average Bonchev–Trinajstić information content (AvgIpc) is 2.18. The summed E-state index contributed by atoms with van der Waals surface area (Å²) in [6.07, 6.45) is 2.50. The molecule has 0 aliphatic rings. The third-order valence-corrected chi connectivity index (χ3v) is 3.02. The second-order valence-electron chi connectivity index (χ2n) is 4.05. The SMILES string of the molecule is CC[C@@H](C)C(C)Cc1ccccc1. The van der Waals surface area contributed by atoms with Gasteiger partial charge in [-0.2, -0.15) is 0 Å². The molecule has 0 N–H and O–H groups in total. The van der Waals surface area contributed by atoms with E-state index in [4.69, 9.17) is 0 Å². The van der Waals surface area contributed by atoms with Crippen molar-refractivity contribution in [1.82, 2.24) is 0 Å². The molecule has 0 heteroatoms. The quantitative estimate of drug-likeness (QED) is 0.652. The van der Waals surface area contributed by atoms with Crippen LogP contribution in [-0.2, 0) is 6.42 Å². The third-order valence-electron chi connectivity index (χ3n) is 3.02. The van der Waals surface area contributed by atoms with Gasteiger partial charge in [0.05, 0.1) is 0 Å². The first-order valence-electron chi connectivity index (χ1n) is 5.28. The van der Waals surface area contributed by atoms with Crippen LogP contribution in [0.3, 0.4) is 0 Å². The molecule has 1 unspecified atom stereocenters. The van der Waals surface area contributed by atoms with Gasteiger partial charge in [-0.3, -0.25) is 0 Å². The highest BCUT2D eigenvalue weighted by Crippen LogP contribution is 2.19. The van der Waals surface area contributed by atoms with E-state index in [1.54, 1.807) is 0 Å². The summed E-state index contributed by atoms with van der Waals surface area (Å²) in [6.45, 7) is 6.96. The highest BCUT2D eigenvalue weighted by Gasteiger charge is 2.09. The van der Waals surface area contributed by atoms with Crippen LogP contribution in [0.1, 0.15) is 32.8 Å². The van der Waals surface area contributed by atoms with E-state index in [1.807, 2.05) is 0 Å². The molecule has 1 aromatic rings. The summed E-state index contributed by atoms with van der Waals surface area (Å²) < 4.78 is 0. The van der Waals surface area contributed by atoms with Crippen LogP contribution in [0.25, 0.3) is 0 Å². The maximum absolute atomic E-state index is 2.35. The van der Waals surface area contributed by atoms with Gasteiger partial charge in [0.15, 0.2) is 0 Å². The molecule has 1 aromatic carbocycles. The van der Waals surface area contributed by atoms with E-state index in [0.29, 0.717) is 0 Å². The van der Waals surface area contributed by atoms with Gasteiger partial charge in [0.2, 0.25) is 0 Å². The van der Waals surface area contributed by atoms with Crippen molar-refractivity contribution in [3.8, 4) is 0 Å². The van der Waals surface area contributed by atoms with Crippen molar-refractivity contribution in [1.29, 1.82) is 0 Å². The van der Waals surface area contributed by atoms with Crippen LogP contribution in [0, 0.1) is 11.8 Å². The van der Waals surface area contributed by atoms with E-state index in [0.717, 1.165) is 11.8 Å². The molecule has 0 spiro atoms. The second-order valence-corrected chi connectivity index (χ2v) is 4.05. The zero-order chi connectivity index (χ0) is 9.68. The van der Waals surface area contributed by atoms with Crippen LogP contribution in [0.15, 0.2) is 30.3 Å². The summed E-state index contributed by atoms with van der Waals surface area (Å²) >= 11 is 0. The monoisotopic (exact) mass is 176 g/mol. The first-order chi connectivity index (χ1) is 6.24. The number of rotatable bonds is 4. The molecule has 0 fully saturated rings. The van der Waals surface area contributed by atoms with Gasteiger partial charge in [0.1, 0.15) is 0 Å². The maximum Gasteiger partial charge on any atom is -0.0250 e. The summed E-state index contributed by atoms with van der Waals surface area (Å²) in [5.41, 5.74) is 1.47. The van der Waals surface area contributed by atoms with E-state index < -0.39 is 0 Å². The molecule has 0 bridgehead atoms. The van der Waals surface area contributed by atoms with Crippen molar-refractivity contribution in [3.63, 3.8) is 0 Å². The van der Waals surface area contributed by atoms with Gasteiger partial charge in [-0.1, -0.05) is 57.5 Å². The Kier molecular flexibility index (Phi) is 4.01. The fraction of sp³-hybridized carbons (Fsp3) is 0.538. The Morgan fingerprint density at radius 3 is 2.15 bits per heavy atom. The molecule has 0 saturated heterocycles. The zero-order valence-corrected chi connectivity index (χ0v) is 8.96. The lowest BCUT2D eigenvalue weighted by Gasteiger charge is -2.17. The van der Waals surface area contributed by atoms with Crippen LogP contribution < -0.4 is 0 Å². The number of hydrogen-bond acceptors (Lipinski definition) is 0. The van der Waals surface area contributed by atoms with Crippen LogP contribution in [0.2, 0.25) is 0 Å². The molecular weight excluding hydrogens is 156 g/mol. The molecule has 0 heterocycles. The smallest absolute Gasteiger partial charge is 0.0250 e. The summed E-state index contributed by atoms with van der Waals surface area (Å²) in [4.78, 5) is 0. The normalized spacial score (nSPS) is 15.3. The van der Waals surface area contributed by atoms with E-state index in [2.05, 4.69) is 51.1 Å². The largest absolute Gasteiger partial charge is 0.0651 e. The molecule has 0 aliphatic carbocycles. The predicted molar refractivity (Wildman–Crippen MR) is 58.8 cm³/mol. The van der Waals surface area contributed by atoms with E-state index in [1.165, 1.54) is 18.4 Å². The lowest BCUT2D eigenvalue weighted by Crippen LogP contribution is -2.09. The lowest BCUT2D eigenvalue weighted by molar-refractivity contribution is 0.375. The Labute approximate surface area is 82.0 Å². The van der Waals surface area contributed by atoms with Gasteiger partial charge in [-0.15, -0.1) is 0 Å². The van der Waals surface area contributed by atoms with Crippen molar-refractivity contribution < 1.29 is 0 Å². The average molecular weight is 176 g/mol. The Morgan fingerprint density at radius 1 is 1.00 bits per heavy atom. The van der Waals surface area contributed by atoms with Gasteiger partial charge in [0, 0.05) is 0 Å². The molecule has 72 valence electrons. The summed E-state index contributed by atoms with van der Waals surface area (Å²) in [5, 5.41) is 0. The van der Waals surface area contributed by atoms with E-state index in [9.17, 15) is 0 Å². The Morgan fingerprint density at radius 2 is 1.62 bits per heavy atom. The van der Waals surface area contributed by atoms with Crippen molar-refractivity contribution in [2.45, 2.75) is 33.6 Å². The van der Waals surface area contributed by atoms with Crippen LogP contribution in [0.5, 0.6) is 0 Å². The Balaban J connectivity index is 2.50. The zero-order valence-electron chi connectivity index (χ0n) is 8.96. The maximum atomic E-state index is 2.35. The molecule has 0 radical (unpaired) electrons. The first-order valence-corrected chi connectivity index (χ1v) is 5.28. The minimum atomic E-state index is 0.799. The highest BCUT2D eigenvalue weighted by atomic mass is 14.1. The van der Waals surface area contributed by atoms with Crippen molar-refractivity contribution in [2.75, 3.05) is 0 Å². The van der Waals surface area contributed by atoms with Crippen LogP contribution in [-0.4, -0.2) is 0 Å². The molecule has 0 saturated carbocycles. The van der Waals surface area contributed by atoms with E-state index in [-0.39, 0.29) is 0 Å². The van der Waals surface area contributed by atoms with Crippen LogP contribution in [0.4, 0.5) is 0 Å². The van der Waals surface area contributed by atoms with Gasteiger partial charge >= 0.3 is 0 Å². The first kappa shape index (κ1) is 10.3. The topological polar surface area (TPSA) is 0 Å². The number of benzene rings is 1. The standard InChI is InChI=1S/C13H20/c1-4-11(2)12(3)10-13-8-6-5-7-9-13/h5-9,11-12H,4,10H2,1-3H3/t11-,12?/m1/s1. The highest BCUT2D eigenvalue weighted by molar-refractivity contribution is 5.15. The summed E-state index contributed by atoms with van der Waals surface area (Å²) in [5.74, 6) is 1.63. The van der Waals surface area contributed by atoms with Crippen molar-refractivity contribution in [3.05, 3.63) is 35.9 Å². The van der Waals surface area contributed by atoms with Gasteiger partial charge in [-0.25, -0.2) is 0 Å². The molecule has 2 atom stereocenters. The molecule has 1 rings (SSSR count). The number of hydrogen-bond donors (Lipinski definition) is 0. The Hall–Kier alpha value is -0.780. The molecule has 0 aromatic heterocycles. The Bertz CT molecular complexity index is 225. The fourth-order valence-electron chi connectivity index (χ4n) is 1.59. The van der Waals surface area contributed by atoms with Crippen LogP contribution >= 0.6 is 0 Å². The summed E-state index contributed by atoms with van der Waals surface area (Å²) in [6, 6.07) is 10.8. The summed E-state index contributed by atoms with van der Waals surface area (Å²) in [7, 11) is 0. The van der Waals surface area contributed by atoms with Crippen molar-refractivity contribution >= 4 is 0 Å². The molecule has 0 amide bonds. The lowest BCUT2D eigenvalue weighted by atomic mass is 9.88. The van der Waals surface area contributed by atoms with Crippen molar-refractivity contribution in [2.24, 2.45) is 11.8 Å². The van der Waals surface area contributed by atoms with Gasteiger partial charge in [-0.05, 0) is 23.8 Å².